The fourth-order valence-electron chi connectivity index (χ4n) is 1.89. The SMILES string of the molecule is Cc1ccc(S(=O)(=O)O/C=C(/NC(=O)OCc2ccccc2)C(N)=O)cc1. The lowest BCUT2D eigenvalue weighted by molar-refractivity contribution is -0.115. The Morgan fingerprint density at radius 2 is 1.70 bits per heavy atom. The number of rotatable bonds is 7. The van der Waals surface area contributed by atoms with Crippen LogP contribution in [0.2, 0.25) is 0 Å². The minimum Gasteiger partial charge on any atom is -0.444 e. The summed E-state index contributed by atoms with van der Waals surface area (Å²) in [5, 5.41) is 2.06. The predicted molar refractivity (Wildman–Crippen MR) is 96.5 cm³/mol. The number of benzene rings is 2. The van der Waals surface area contributed by atoms with Gasteiger partial charge >= 0.3 is 16.2 Å². The van der Waals surface area contributed by atoms with Gasteiger partial charge in [0.25, 0.3) is 5.91 Å². The van der Waals surface area contributed by atoms with Crippen molar-refractivity contribution in [2.24, 2.45) is 5.73 Å². The molecule has 9 heteroatoms. The van der Waals surface area contributed by atoms with Crippen molar-refractivity contribution in [3.63, 3.8) is 0 Å². The maximum atomic E-state index is 12.1. The fourth-order valence-corrected chi connectivity index (χ4v) is 2.69. The van der Waals surface area contributed by atoms with Crippen LogP contribution in [0.25, 0.3) is 0 Å². The Morgan fingerprint density at radius 1 is 1.07 bits per heavy atom. The van der Waals surface area contributed by atoms with Gasteiger partial charge in [0.15, 0.2) is 0 Å². The predicted octanol–water partition coefficient (Wildman–Crippen LogP) is 1.95. The summed E-state index contributed by atoms with van der Waals surface area (Å²) in [6, 6.07) is 14.7. The van der Waals surface area contributed by atoms with E-state index in [4.69, 9.17) is 10.5 Å². The molecule has 2 aromatic rings. The molecule has 0 aliphatic carbocycles. The van der Waals surface area contributed by atoms with Crippen LogP contribution in [0.4, 0.5) is 4.79 Å². The van der Waals surface area contributed by atoms with Crippen molar-refractivity contribution >= 4 is 22.1 Å². The van der Waals surface area contributed by atoms with Crippen LogP contribution in [0.1, 0.15) is 11.1 Å². The van der Waals surface area contributed by atoms with Gasteiger partial charge in [-0.3, -0.25) is 10.1 Å². The summed E-state index contributed by atoms with van der Waals surface area (Å²) in [4.78, 5) is 23.1. The highest BCUT2D eigenvalue weighted by Crippen LogP contribution is 2.14. The molecule has 0 aliphatic rings. The van der Waals surface area contributed by atoms with Crippen LogP contribution in [0, 0.1) is 6.92 Å². The van der Waals surface area contributed by atoms with Gasteiger partial charge in [-0.15, -0.1) is 0 Å². The molecule has 0 radical (unpaired) electrons. The monoisotopic (exact) mass is 390 g/mol. The second-order valence-corrected chi connectivity index (χ2v) is 7.02. The van der Waals surface area contributed by atoms with E-state index in [0.29, 0.717) is 6.26 Å². The van der Waals surface area contributed by atoms with E-state index in [1.54, 1.807) is 43.3 Å². The average molecular weight is 390 g/mol. The number of ether oxygens (including phenoxy) is 1. The number of aryl methyl sites for hydroxylation is 1. The van der Waals surface area contributed by atoms with E-state index in [1.165, 1.54) is 12.1 Å². The molecule has 0 unspecified atom stereocenters. The van der Waals surface area contributed by atoms with E-state index < -0.39 is 27.8 Å². The van der Waals surface area contributed by atoms with Gasteiger partial charge in [0.2, 0.25) is 0 Å². The van der Waals surface area contributed by atoms with Crippen LogP contribution in [-0.2, 0) is 30.4 Å². The van der Waals surface area contributed by atoms with Crippen LogP contribution >= 0.6 is 0 Å². The van der Waals surface area contributed by atoms with Crippen LogP contribution in [0.5, 0.6) is 0 Å². The third kappa shape index (κ3) is 6.15. The molecule has 3 N–H and O–H groups in total. The lowest BCUT2D eigenvalue weighted by Gasteiger charge is -2.09. The first-order valence-corrected chi connectivity index (χ1v) is 9.16. The van der Waals surface area contributed by atoms with Crippen molar-refractivity contribution in [2.75, 3.05) is 0 Å². The highest BCUT2D eigenvalue weighted by molar-refractivity contribution is 7.86. The Kier molecular flexibility index (Phi) is 6.56. The third-order valence-electron chi connectivity index (χ3n) is 3.32. The van der Waals surface area contributed by atoms with Crippen molar-refractivity contribution in [1.82, 2.24) is 5.32 Å². The third-order valence-corrected chi connectivity index (χ3v) is 4.52. The molecule has 0 spiro atoms. The minimum absolute atomic E-state index is 0.0404. The Bertz CT molecular complexity index is 938. The first-order chi connectivity index (χ1) is 12.8. The number of nitrogens with one attached hydrogen (secondary N) is 1. The van der Waals surface area contributed by atoms with Crippen molar-refractivity contribution in [3.05, 3.63) is 77.7 Å². The molecule has 2 rings (SSSR count). The molecule has 27 heavy (non-hydrogen) atoms. The van der Waals surface area contributed by atoms with E-state index in [1.807, 2.05) is 6.07 Å². The Balaban J connectivity index is 2.02. The second-order valence-electron chi connectivity index (χ2n) is 5.45. The summed E-state index contributed by atoms with van der Waals surface area (Å²) in [7, 11) is -4.17. The van der Waals surface area contributed by atoms with E-state index in [0.717, 1.165) is 11.1 Å². The van der Waals surface area contributed by atoms with Crippen molar-refractivity contribution in [1.29, 1.82) is 0 Å². The number of amides is 2. The molecule has 0 saturated carbocycles. The number of carbonyl (C=O) groups excluding carboxylic acids is 2. The summed E-state index contributed by atoms with van der Waals surface area (Å²) in [5.41, 5.74) is 6.16. The van der Waals surface area contributed by atoms with Gasteiger partial charge in [-0.05, 0) is 24.6 Å². The van der Waals surface area contributed by atoms with E-state index in [9.17, 15) is 18.0 Å². The largest absolute Gasteiger partial charge is 0.444 e. The Hall–Kier alpha value is -3.33. The summed E-state index contributed by atoms with van der Waals surface area (Å²) < 4.78 is 33.8. The smallest absolute Gasteiger partial charge is 0.412 e. The van der Waals surface area contributed by atoms with Gasteiger partial charge in [0.1, 0.15) is 23.5 Å². The van der Waals surface area contributed by atoms with E-state index in [-0.39, 0.29) is 11.5 Å². The number of hydrogen-bond acceptors (Lipinski definition) is 6. The lowest BCUT2D eigenvalue weighted by atomic mass is 10.2. The summed E-state index contributed by atoms with van der Waals surface area (Å²) >= 11 is 0. The molecule has 0 atom stereocenters. The number of nitrogens with two attached hydrogens (primary N) is 1. The highest BCUT2D eigenvalue weighted by Gasteiger charge is 2.17. The molecular weight excluding hydrogens is 372 g/mol. The van der Waals surface area contributed by atoms with Gasteiger partial charge in [0, 0.05) is 0 Å². The first-order valence-electron chi connectivity index (χ1n) is 7.75. The lowest BCUT2D eigenvalue weighted by Crippen LogP contribution is -2.32. The van der Waals surface area contributed by atoms with Crippen LogP contribution in [0.3, 0.4) is 0 Å². The first kappa shape index (κ1) is 20.0. The van der Waals surface area contributed by atoms with E-state index in [2.05, 4.69) is 9.50 Å². The van der Waals surface area contributed by atoms with Gasteiger partial charge in [-0.25, -0.2) is 4.79 Å². The Labute approximate surface area is 156 Å². The topological polar surface area (TPSA) is 125 Å². The van der Waals surface area contributed by atoms with Crippen molar-refractivity contribution < 1.29 is 26.9 Å². The second kappa shape index (κ2) is 8.86. The van der Waals surface area contributed by atoms with Gasteiger partial charge in [-0.2, -0.15) is 8.42 Å². The van der Waals surface area contributed by atoms with Gasteiger partial charge in [0.05, 0.1) is 0 Å². The summed E-state index contributed by atoms with van der Waals surface area (Å²) in [5.74, 6) is -1.09. The van der Waals surface area contributed by atoms with Gasteiger partial charge in [-0.1, -0.05) is 48.0 Å². The molecule has 2 amide bonds. The molecule has 8 nitrogen and oxygen atoms in total. The van der Waals surface area contributed by atoms with Crippen LogP contribution in [-0.4, -0.2) is 20.4 Å². The average Bonchev–Trinajstić information content (AvgIpc) is 2.64. The molecule has 0 aliphatic heterocycles. The van der Waals surface area contributed by atoms with E-state index >= 15 is 0 Å². The number of alkyl carbamates (subject to hydrolysis) is 1. The molecule has 2 aromatic carbocycles. The van der Waals surface area contributed by atoms with Gasteiger partial charge < -0.3 is 14.7 Å². The normalized spacial score (nSPS) is 11.5. The highest BCUT2D eigenvalue weighted by atomic mass is 32.2. The molecule has 0 heterocycles. The molecule has 0 fully saturated rings. The zero-order valence-electron chi connectivity index (χ0n) is 14.4. The molecule has 0 aromatic heterocycles. The summed E-state index contributed by atoms with van der Waals surface area (Å²) in [6.07, 6.45) is -0.429. The maximum Gasteiger partial charge on any atom is 0.412 e. The fraction of sp³-hybridized carbons (Fsp3) is 0.111. The number of primary amides is 1. The van der Waals surface area contributed by atoms with Crippen LogP contribution in [0.15, 0.2) is 71.5 Å². The molecular formula is C18H18N2O6S. The zero-order chi connectivity index (χ0) is 19.9. The quantitative estimate of drug-likeness (QED) is 0.423. The number of carbonyl (C=O) groups is 2. The zero-order valence-corrected chi connectivity index (χ0v) is 15.2. The minimum atomic E-state index is -4.17. The molecule has 0 bridgehead atoms. The van der Waals surface area contributed by atoms with Crippen molar-refractivity contribution in [3.8, 4) is 0 Å². The summed E-state index contributed by atoms with van der Waals surface area (Å²) in [6.45, 7) is 1.76. The standard InChI is InChI=1S/C18H18N2O6S/c1-13-7-9-15(10-8-13)27(23,24)26-12-16(17(19)21)20-18(22)25-11-14-5-3-2-4-6-14/h2-10,12H,11H2,1H3,(H2,19,21)(H,20,22)/b16-12+. The Morgan fingerprint density at radius 3 is 2.30 bits per heavy atom. The molecule has 142 valence electrons. The van der Waals surface area contributed by atoms with Crippen LogP contribution < -0.4 is 11.1 Å². The molecule has 0 saturated heterocycles. The number of hydrogen-bond donors (Lipinski definition) is 2. The van der Waals surface area contributed by atoms with Crippen molar-refractivity contribution in [2.45, 2.75) is 18.4 Å². The maximum absolute atomic E-state index is 12.1.